The standard InChI is InChI=1S/C8H11N3O6S/c1-11(3-2-6(12)13)18(16,17)5-4-9-8(15)10-7(5)14/h4H,2-3H2,1H3,(H,12,13)(H2,9,10,14,15). The average Bonchev–Trinajstić information content (AvgIpc) is 2.24. The van der Waals surface area contributed by atoms with Gasteiger partial charge in [-0.3, -0.25) is 14.6 Å². The summed E-state index contributed by atoms with van der Waals surface area (Å²) in [5.41, 5.74) is -1.88. The van der Waals surface area contributed by atoms with Gasteiger partial charge in [-0.1, -0.05) is 0 Å². The predicted molar refractivity (Wildman–Crippen MR) is 59.8 cm³/mol. The summed E-state index contributed by atoms with van der Waals surface area (Å²) in [4.78, 5) is 35.6. The van der Waals surface area contributed by atoms with E-state index in [2.05, 4.69) is 0 Å². The zero-order valence-electron chi connectivity index (χ0n) is 9.34. The summed E-state index contributed by atoms with van der Waals surface area (Å²) < 4.78 is 24.5. The largest absolute Gasteiger partial charge is 0.481 e. The highest BCUT2D eigenvalue weighted by Crippen LogP contribution is 2.07. The van der Waals surface area contributed by atoms with Crippen molar-refractivity contribution in [3.63, 3.8) is 0 Å². The van der Waals surface area contributed by atoms with Gasteiger partial charge in [0, 0.05) is 19.8 Å². The van der Waals surface area contributed by atoms with Crippen LogP contribution in [0.2, 0.25) is 0 Å². The van der Waals surface area contributed by atoms with Gasteiger partial charge in [-0.2, -0.15) is 0 Å². The highest BCUT2D eigenvalue weighted by atomic mass is 32.2. The molecule has 0 amide bonds. The first-order valence-electron chi connectivity index (χ1n) is 4.75. The Morgan fingerprint density at radius 2 is 2.06 bits per heavy atom. The van der Waals surface area contributed by atoms with E-state index in [-0.39, 0.29) is 6.54 Å². The van der Waals surface area contributed by atoms with Crippen LogP contribution >= 0.6 is 0 Å². The van der Waals surface area contributed by atoms with Gasteiger partial charge in [0.15, 0.2) is 4.90 Å². The van der Waals surface area contributed by atoms with Crippen molar-refractivity contribution >= 4 is 16.0 Å². The quantitative estimate of drug-likeness (QED) is 0.577. The number of H-pyrrole nitrogens is 2. The number of hydrogen-bond acceptors (Lipinski definition) is 5. The predicted octanol–water partition coefficient (Wildman–Crippen LogP) is -1.84. The number of nitrogens with zero attached hydrogens (tertiary/aromatic N) is 1. The van der Waals surface area contributed by atoms with E-state index in [9.17, 15) is 22.8 Å². The second-order valence-electron chi connectivity index (χ2n) is 3.41. The Balaban J connectivity index is 3.10. The zero-order valence-corrected chi connectivity index (χ0v) is 10.2. The SMILES string of the molecule is CN(CCC(=O)O)S(=O)(=O)c1c[nH]c(=O)[nH]c1=O. The number of aromatic nitrogens is 2. The van der Waals surface area contributed by atoms with Crippen LogP contribution in [0.4, 0.5) is 0 Å². The third-order valence-electron chi connectivity index (χ3n) is 2.11. The summed E-state index contributed by atoms with van der Waals surface area (Å²) in [6, 6.07) is 0. The number of carbonyl (C=O) groups is 1. The van der Waals surface area contributed by atoms with Gasteiger partial charge in [0.25, 0.3) is 5.56 Å². The maximum absolute atomic E-state index is 11.9. The van der Waals surface area contributed by atoms with Crippen LogP contribution in [0.1, 0.15) is 6.42 Å². The lowest BCUT2D eigenvalue weighted by Gasteiger charge is -2.14. The molecule has 0 fully saturated rings. The van der Waals surface area contributed by atoms with E-state index in [0.717, 1.165) is 17.5 Å². The van der Waals surface area contributed by atoms with Crippen LogP contribution in [-0.2, 0) is 14.8 Å². The molecule has 0 saturated heterocycles. The number of nitrogens with one attached hydrogen (secondary N) is 2. The average molecular weight is 277 g/mol. The minimum Gasteiger partial charge on any atom is -0.481 e. The van der Waals surface area contributed by atoms with Crippen LogP contribution in [0, 0.1) is 0 Å². The third-order valence-corrected chi connectivity index (χ3v) is 3.98. The molecule has 0 spiro atoms. The minimum atomic E-state index is -4.13. The van der Waals surface area contributed by atoms with Gasteiger partial charge in [-0.25, -0.2) is 17.5 Å². The monoisotopic (exact) mass is 277 g/mol. The van der Waals surface area contributed by atoms with Gasteiger partial charge in [0.2, 0.25) is 10.0 Å². The molecule has 0 aromatic carbocycles. The molecule has 0 unspecified atom stereocenters. The fourth-order valence-corrected chi connectivity index (χ4v) is 2.29. The van der Waals surface area contributed by atoms with Gasteiger partial charge < -0.3 is 10.1 Å². The molecule has 0 aliphatic carbocycles. The Morgan fingerprint density at radius 3 is 2.56 bits per heavy atom. The van der Waals surface area contributed by atoms with Crippen molar-refractivity contribution in [1.29, 1.82) is 0 Å². The normalized spacial score (nSPS) is 11.7. The van der Waals surface area contributed by atoms with Crippen molar-refractivity contribution in [2.45, 2.75) is 11.3 Å². The number of carboxylic acids is 1. The number of hydrogen-bond donors (Lipinski definition) is 3. The first kappa shape index (κ1) is 14.1. The highest BCUT2D eigenvalue weighted by molar-refractivity contribution is 7.89. The number of aliphatic carboxylic acids is 1. The lowest BCUT2D eigenvalue weighted by Crippen LogP contribution is -2.35. The molecule has 0 aliphatic heterocycles. The van der Waals surface area contributed by atoms with E-state index in [4.69, 9.17) is 5.11 Å². The molecule has 0 radical (unpaired) electrons. The van der Waals surface area contributed by atoms with Crippen molar-refractivity contribution in [2.24, 2.45) is 0 Å². The minimum absolute atomic E-state index is 0.282. The molecule has 0 atom stereocenters. The topological polar surface area (TPSA) is 140 Å². The van der Waals surface area contributed by atoms with E-state index in [1.54, 1.807) is 4.98 Å². The molecule has 0 bridgehead atoms. The second kappa shape index (κ2) is 5.14. The number of sulfonamides is 1. The molecule has 9 nitrogen and oxygen atoms in total. The Labute approximate surface area is 101 Å². The van der Waals surface area contributed by atoms with Crippen LogP contribution in [0.3, 0.4) is 0 Å². The van der Waals surface area contributed by atoms with E-state index < -0.39 is 38.6 Å². The Bertz CT molecular complexity index is 658. The lowest BCUT2D eigenvalue weighted by atomic mass is 10.4. The second-order valence-corrected chi connectivity index (χ2v) is 5.42. The molecular formula is C8H11N3O6S. The zero-order chi connectivity index (χ0) is 13.9. The number of carboxylic acid groups (broad SMARTS) is 1. The van der Waals surface area contributed by atoms with Crippen LogP contribution in [0.25, 0.3) is 0 Å². The fraction of sp³-hybridized carbons (Fsp3) is 0.375. The molecule has 1 aromatic rings. The molecule has 0 aliphatic rings. The van der Waals surface area contributed by atoms with E-state index in [1.165, 1.54) is 0 Å². The third kappa shape index (κ3) is 3.05. The molecule has 1 rings (SSSR count). The van der Waals surface area contributed by atoms with Crippen LogP contribution in [0.5, 0.6) is 0 Å². The molecule has 18 heavy (non-hydrogen) atoms. The van der Waals surface area contributed by atoms with Gasteiger partial charge in [0.05, 0.1) is 6.42 Å². The van der Waals surface area contributed by atoms with E-state index in [1.807, 2.05) is 4.98 Å². The van der Waals surface area contributed by atoms with Crippen molar-refractivity contribution in [3.05, 3.63) is 27.0 Å². The van der Waals surface area contributed by atoms with Crippen molar-refractivity contribution < 1.29 is 18.3 Å². The highest BCUT2D eigenvalue weighted by Gasteiger charge is 2.24. The van der Waals surface area contributed by atoms with E-state index in [0.29, 0.717) is 0 Å². The Morgan fingerprint density at radius 1 is 1.44 bits per heavy atom. The summed E-state index contributed by atoms with van der Waals surface area (Å²) in [6.45, 7) is -0.282. The lowest BCUT2D eigenvalue weighted by molar-refractivity contribution is -0.137. The summed E-state index contributed by atoms with van der Waals surface area (Å²) in [6.07, 6.45) is 0.380. The van der Waals surface area contributed by atoms with Gasteiger partial charge in [0.1, 0.15) is 0 Å². The van der Waals surface area contributed by atoms with Crippen LogP contribution < -0.4 is 11.2 Å². The number of rotatable bonds is 5. The smallest absolute Gasteiger partial charge is 0.325 e. The van der Waals surface area contributed by atoms with Crippen LogP contribution in [-0.4, -0.2) is 47.4 Å². The van der Waals surface area contributed by atoms with Gasteiger partial charge >= 0.3 is 11.7 Å². The maximum atomic E-state index is 11.9. The first-order chi connectivity index (χ1) is 8.25. The Hall–Kier alpha value is -1.94. The molecule has 10 heteroatoms. The van der Waals surface area contributed by atoms with Crippen molar-refractivity contribution in [1.82, 2.24) is 14.3 Å². The molecule has 0 saturated carbocycles. The van der Waals surface area contributed by atoms with E-state index >= 15 is 0 Å². The molecule has 3 N–H and O–H groups in total. The summed E-state index contributed by atoms with van der Waals surface area (Å²) in [5, 5.41) is 8.45. The molecule has 100 valence electrons. The van der Waals surface area contributed by atoms with Crippen molar-refractivity contribution in [2.75, 3.05) is 13.6 Å². The summed E-state index contributed by atoms with van der Waals surface area (Å²) in [5.74, 6) is -1.16. The fourth-order valence-electron chi connectivity index (χ4n) is 1.13. The van der Waals surface area contributed by atoms with Gasteiger partial charge in [-0.05, 0) is 0 Å². The van der Waals surface area contributed by atoms with Crippen molar-refractivity contribution in [3.8, 4) is 0 Å². The molecule has 1 heterocycles. The summed E-state index contributed by atoms with van der Waals surface area (Å²) in [7, 11) is -2.98. The Kier molecular flexibility index (Phi) is 4.03. The summed E-state index contributed by atoms with van der Waals surface area (Å²) >= 11 is 0. The maximum Gasteiger partial charge on any atom is 0.325 e. The molecule has 1 aromatic heterocycles. The first-order valence-corrected chi connectivity index (χ1v) is 6.19. The van der Waals surface area contributed by atoms with Gasteiger partial charge in [-0.15, -0.1) is 0 Å². The number of aromatic amines is 2. The molecular weight excluding hydrogens is 266 g/mol. The van der Waals surface area contributed by atoms with Crippen LogP contribution in [0.15, 0.2) is 20.7 Å².